The van der Waals surface area contributed by atoms with Crippen molar-refractivity contribution >= 4 is 17.5 Å². The maximum atomic E-state index is 6.04. The number of halogens is 1. The van der Waals surface area contributed by atoms with Gasteiger partial charge in [0.2, 0.25) is 5.95 Å². The Morgan fingerprint density at radius 2 is 2.29 bits per heavy atom. The maximum absolute atomic E-state index is 6.04. The second kappa shape index (κ2) is 8.05. The van der Waals surface area contributed by atoms with Crippen LogP contribution in [0.25, 0.3) is 0 Å². The van der Waals surface area contributed by atoms with Gasteiger partial charge in [0.05, 0.1) is 6.04 Å². The summed E-state index contributed by atoms with van der Waals surface area (Å²) in [5, 5.41) is 4.18. The molecule has 1 N–H and O–H groups in total. The lowest BCUT2D eigenvalue weighted by molar-refractivity contribution is 0.142. The van der Waals surface area contributed by atoms with E-state index in [-0.39, 0.29) is 6.04 Å². The van der Waals surface area contributed by atoms with E-state index in [9.17, 15) is 0 Å². The normalized spacial score (nSPS) is 12.3. The highest BCUT2D eigenvalue weighted by molar-refractivity contribution is 6.30. The molecule has 0 amide bonds. The summed E-state index contributed by atoms with van der Waals surface area (Å²) in [6, 6.07) is 8.03. The van der Waals surface area contributed by atoms with Gasteiger partial charge in [-0.1, -0.05) is 23.7 Å². The molecule has 0 fully saturated rings. The fraction of sp³-hybridized carbons (Fsp3) is 0.438. The zero-order valence-corrected chi connectivity index (χ0v) is 13.3. The Balaban J connectivity index is 1.95. The van der Waals surface area contributed by atoms with Crippen LogP contribution in [0.5, 0.6) is 0 Å². The van der Waals surface area contributed by atoms with Crippen LogP contribution >= 0.6 is 11.6 Å². The molecule has 1 atom stereocenters. The molecule has 0 aliphatic carbocycles. The number of nitrogens with zero attached hydrogens (tertiary/aromatic N) is 2. The fourth-order valence-electron chi connectivity index (χ4n) is 2.16. The number of ether oxygens (including phenoxy) is 1. The molecular weight excluding hydrogens is 286 g/mol. The van der Waals surface area contributed by atoms with Crippen molar-refractivity contribution in [3.8, 4) is 0 Å². The monoisotopic (exact) mass is 307 g/mol. The van der Waals surface area contributed by atoms with Gasteiger partial charge in [0, 0.05) is 37.2 Å². The molecule has 1 aromatic carbocycles. The molecule has 0 aliphatic heterocycles. The van der Waals surface area contributed by atoms with Crippen LogP contribution in [0.4, 0.5) is 5.95 Å². The first kappa shape index (κ1) is 15.9. The van der Waals surface area contributed by atoms with Crippen molar-refractivity contribution in [3.05, 3.63) is 47.2 Å². The van der Waals surface area contributed by atoms with Gasteiger partial charge < -0.3 is 14.6 Å². The van der Waals surface area contributed by atoms with Gasteiger partial charge >= 0.3 is 0 Å². The van der Waals surface area contributed by atoms with Gasteiger partial charge in [-0.05, 0) is 38.0 Å². The second-order valence-electron chi connectivity index (χ2n) is 4.92. The minimum atomic E-state index is 0.150. The number of rotatable bonds is 8. The lowest BCUT2D eigenvalue weighted by atomic mass is 10.1. The number of anilines is 1. The van der Waals surface area contributed by atoms with E-state index < -0.39 is 0 Å². The Labute approximate surface area is 131 Å². The third-order valence-corrected chi connectivity index (χ3v) is 3.54. The second-order valence-corrected chi connectivity index (χ2v) is 5.35. The summed E-state index contributed by atoms with van der Waals surface area (Å²) in [6.45, 7) is 6.55. The minimum absolute atomic E-state index is 0.150. The summed E-state index contributed by atoms with van der Waals surface area (Å²) < 4.78 is 7.48. The molecule has 21 heavy (non-hydrogen) atoms. The molecule has 0 saturated heterocycles. The van der Waals surface area contributed by atoms with Crippen molar-refractivity contribution in [2.45, 2.75) is 32.9 Å². The summed E-state index contributed by atoms with van der Waals surface area (Å²) in [4.78, 5) is 4.38. The highest BCUT2D eigenvalue weighted by atomic mass is 35.5. The average molecular weight is 308 g/mol. The summed E-state index contributed by atoms with van der Waals surface area (Å²) in [5.41, 5.74) is 1.14. The maximum Gasteiger partial charge on any atom is 0.203 e. The molecular formula is C16H22ClN3O. The summed E-state index contributed by atoms with van der Waals surface area (Å²) in [5.74, 6) is 0.874. The van der Waals surface area contributed by atoms with Crippen LogP contribution in [0.2, 0.25) is 5.02 Å². The van der Waals surface area contributed by atoms with E-state index in [1.807, 2.05) is 37.5 Å². The number of benzene rings is 1. The molecule has 0 spiro atoms. The first-order valence-corrected chi connectivity index (χ1v) is 7.69. The number of imidazole rings is 1. The smallest absolute Gasteiger partial charge is 0.203 e. The zero-order chi connectivity index (χ0) is 15.1. The lowest BCUT2D eigenvalue weighted by Crippen LogP contribution is -2.12. The van der Waals surface area contributed by atoms with Crippen molar-refractivity contribution < 1.29 is 4.74 Å². The number of aryl methyl sites for hydroxylation is 1. The van der Waals surface area contributed by atoms with Crippen LogP contribution in [0.1, 0.15) is 31.9 Å². The van der Waals surface area contributed by atoms with E-state index in [0.717, 1.165) is 42.7 Å². The Morgan fingerprint density at radius 3 is 3.05 bits per heavy atom. The molecule has 114 valence electrons. The fourth-order valence-corrected chi connectivity index (χ4v) is 2.36. The van der Waals surface area contributed by atoms with E-state index in [2.05, 4.69) is 27.9 Å². The van der Waals surface area contributed by atoms with E-state index in [1.54, 1.807) is 0 Å². The standard InChI is InChI=1S/C16H22ClN3O/c1-3-21-11-5-9-20-10-8-18-16(20)19-13(2)14-6-4-7-15(17)12-14/h4,6-8,10,12-13H,3,5,9,11H2,1-2H3,(H,18,19). The van der Waals surface area contributed by atoms with E-state index in [0.29, 0.717) is 0 Å². The Morgan fingerprint density at radius 1 is 1.43 bits per heavy atom. The van der Waals surface area contributed by atoms with E-state index in [1.165, 1.54) is 0 Å². The van der Waals surface area contributed by atoms with Crippen LogP contribution in [-0.2, 0) is 11.3 Å². The number of nitrogens with one attached hydrogen (secondary N) is 1. The van der Waals surface area contributed by atoms with Crippen LogP contribution in [0.3, 0.4) is 0 Å². The molecule has 0 saturated carbocycles. The van der Waals surface area contributed by atoms with Gasteiger partial charge in [0.15, 0.2) is 0 Å². The van der Waals surface area contributed by atoms with Crippen LogP contribution in [0.15, 0.2) is 36.7 Å². The van der Waals surface area contributed by atoms with Crippen LogP contribution < -0.4 is 5.32 Å². The van der Waals surface area contributed by atoms with Gasteiger partial charge in [0.1, 0.15) is 0 Å². The topological polar surface area (TPSA) is 39.1 Å². The van der Waals surface area contributed by atoms with Crippen LogP contribution in [0, 0.1) is 0 Å². The lowest BCUT2D eigenvalue weighted by Gasteiger charge is -2.16. The largest absolute Gasteiger partial charge is 0.382 e. The third-order valence-electron chi connectivity index (χ3n) is 3.30. The Bertz CT molecular complexity index is 556. The number of hydrogen-bond donors (Lipinski definition) is 1. The molecule has 1 heterocycles. The van der Waals surface area contributed by atoms with Gasteiger partial charge in [-0.15, -0.1) is 0 Å². The predicted molar refractivity (Wildman–Crippen MR) is 86.8 cm³/mol. The highest BCUT2D eigenvalue weighted by Crippen LogP contribution is 2.21. The summed E-state index contributed by atoms with van der Waals surface area (Å²) in [6.07, 6.45) is 4.77. The zero-order valence-electron chi connectivity index (χ0n) is 12.6. The first-order valence-electron chi connectivity index (χ1n) is 7.31. The van der Waals surface area contributed by atoms with E-state index in [4.69, 9.17) is 16.3 Å². The quantitative estimate of drug-likeness (QED) is 0.745. The molecule has 0 aliphatic rings. The molecule has 2 rings (SSSR count). The number of hydrogen-bond acceptors (Lipinski definition) is 3. The minimum Gasteiger partial charge on any atom is -0.382 e. The molecule has 0 bridgehead atoms. The molecule has 5 heteroatoms. The van der Waals surface area contributed by atoms with Gasteiger partial charge in [-0.3, -0.25) is 0 Å². The van der Waals surface area contributed by atoms with Crippen molar-refractivity contribution in [1.29, 1.82) is 0 Å². The molecule has 2 aromatic rings. The molecule has 4 nitrogen and oxygen atoms in total. The van der Waals surface area contributed by atoms with Gasteiger partial charge in [0.25, 0.3) is 0 Å². The summed E-state index contributed by atoms with van der Waals surface area (Å²) in [7, 11) is 0. The highest BCUT2D eigenvalue weighted by Gasteiger charge is 2.09. The molecule has 0 radical (unpaired) electrons. The molecule has 1 aromatic heterocycles. The Kier molecular flexibility index (Phi) is 6.08. The average Bonchev–Trinajstić information content (AvgIpc) is 2.91. The van der Waals surface area contributed by atoms with Crippen molar-refractivity contribution in [1.82, 2.24) is 9.55 Å². The number of aromatic nitrogens is 2. The van der Waals surface area contributed by atoms with Crippen LogP contribution in [-0.4, -0.2) is 22.8 Å². The van der Waals surface area contributed by atoms with Gasteiger partial charge in [-0.2, -0.15) is 0 Å². The summed E-state index contributed by atoms with van der Waals surface area (Å²) >= 11 is 6.04. The SMILES string of the molecule is CCOCCCn1ccnc1NC(C)c1cccc(Cl)c1. The molecule has 1 unspecified atom stereocenters. The first-order chi connectivity index (χ1) is 10.2. The van der Waals surface area contributed by atoms with Crippen molar-refractivity contribution in [3.63, 3.8) is 0 Å². The predicted octanol–water partition coefficient (Wildman–Crippen LogP) is 4.14. The van der Waals surface area contributed by atoms with Crippen molar-refractivity contribution in [2.24, 2.45) is 0 Å². The van der Waals surface area contributed by atoms with E-state index >= 15 is 0 Å². The Hall–Kier alpha value is -1.52. The third kappa shape index (κ3) is 4.76. The van der Waals surface area contributed by atoms with Gasteiger partial charge in [-0.25, -0.2) is 4.98 Å². The van der Waals surface area contributed by atoms with Crippen molar-refractivity contribution in [2.75, 3.05) is 18.5 Å².